The third kappa shape index (κ3) is 2.65. The Morgan fingerprint density at radius 3 is 2.70 bits per heavy atom. The molecule has 104 valence electrons. The molecular formula is C15H16N2O3. The average molecular weight is 272 g/mol. The standard InChI is InChI=1S/C15H16N2O3/c1-2-5-12(16)14(18)17-9-11-7-4-3-6-10(11)8-13(17)15(19)20/h1,3-4,6-7,12-13H,5,8-9,16H2,(H,19,20)/t12?,13-/m1/s1. The molecule has 5 nitrogen and oxygen atoms in total. The van der Waals surface area contributed by atoms with Gasteiger partial charge in [0.05, 0.1) is 6.04 Å². The third-order valence-corrected chi connectivity index (χ3v) is 3.47. The Kier molecular flexibility index (Phi) is 4.06. The first-order valence-corrected chi connectivity index (χ1v) is 6.33. The number of terminal acetylenes is 1. The first-order valence-electron chi connectivity index (χ1n) is 6.33. The maximum atomic E-state index is 12.3. The monoisotopic (exact) mass is 272 g/mol. The lowest BCUT2D eigenvalue weighted by molar-refractivity contribution is -0.151. The molecule has 0 aromatic heterocycles. The van der Waals surface area contributed by atoms with Crippen LogP contribution in [0.2, 0.25) is 0 Å². The molecule has 3 N–H and O–H groups in total. The molecule has 0 saturated heterocycles. The SMILES string of the molecule is C#CCC(N)C(=O)N1Cc2ccccc2C[C@@H]1C(=O)O. The van der Waals surface area contributed by atoms with E-state index in [2.05, 4.69) is 5.92 Å². The largest absolute Gasteiger partial charge is 0.480 e. The summed E-state index contributed by atoms with van der Waals surface area (Å²) in [6.07, 6.45) is 5.54. The van der Waals surface area contributed by atoms with Crippen molar-refractivity contribution < 1.29 is 14.7 Å². The van der Waals surface area contributed by atoms with Gasteiger partial charge in [0.25, 0.3) is 0 Å². The fraction of sp³-hybridized carbons (Fsp3) is 0.333. The van der Waals surface area contributed by atoms with E-state index in [0.717, 1.165) is 11.1 Å². The van der Waals surface area contributed by atoms with Crippen molar-refractivity contribution in [3.05, 3.63) is 35.4 Å². The maximum Gasteiger partial charge on any atom is 0.326 e. The number of rotatable bonds is 3. The number of aliphatic carboxylic acids is 1. The molecule has 1 aromatic rings. The van der Waals surface area contributed by atoms with Gasteiger partial charge in [0.15, 0.2) is 0 Å². The second-order valence-electron chi connectivity index (χ2n) is 4.81. The van der Waals surface area contributed by atoms with Crippen LogP contribution < -0.4 is 5.73 Å². The van der Waals surface area contributed by atoms with Crippen LogP contribution in [0.4, 0.5) is 0 Å². The Bertz CT molecular complexity index is 577. The van der Waals surface area contributed by atoms with Gasteiger partial charge in [0, 0.05) is 19.4 Å². The molecule has 1 aliphatic heterocycles. The number of carboxylic acid groups (broad SMARTS) is 1. The number of hydrogen-bond acceptors (Lipinski definition) is 3. The Morgan fingerprint density at radius 1 is 1.45 bits per heavy atom. The Hall–Kier alpha value is -2.32. The van der Waals surface area contributed by atoms with Crippen molar-refractivity contribution in [3.63, 3.8) is 0 Å². The van der Waals surface area contributed by atoms with Crippen LogP contribution in [0, 0.1) is 12.3 Å². The van der Waals surface area contributed by atoms with Crippen molar-refractivity contribution >= 4 is 11.9 Å². The van der Waals surface area contributed by atoms with Crippen LogP contribution in [0.25, 0.3) is 0 Å². The second-order valence-corrected chi connectivity index (χ2v) is 4.81. The van der Waals surface area contributed by atoms with Gasteiger partial charge >= 0.3 is 5.97 Å². The van der Waals surface area contributed by atoms with Gasteiger partial charge in [-0.15, -0.1) is 12.3 Å². The highest BCUT2D eigenvalue weighted by molar-refractivity contribution is 5.87. The van der Waals surface area contributed by atoms with Gasteiger partial charge in [-0.1, -0.05) is 24.3 Å². The van der Waals surface area contributed by atoms with E-state index < -0.39 is 24.0 Å². The summed E-state index contributed by atoms with van der Waals surface area (Å²) in [6.45, 7) is 0.254. The predicted octanol–water partition coefficient (Wildman–Crippen LogP) is 0.375. The quantitative estimate of drug-likeness (QED) is 0.779. The van der Waals surface area contributed by atoms with Crippen molar-refractivity contribution in [2.24, 2.45) is 5.73 Å². The number of hydrogen-bond donors (Lipinski definition) is 2. The van der Waals surface area contributed by atoms with Gasteiger partial charge < -0.3 is 15.7 Å². The Morgan fingerprint density at radius 2 is 2.10 bits per heavy atom. The summed E-state index contributed by atoms with van der Waals surface area (Å²) >= 11 is 0. The smallest absolute Gasteiger partial charge is 0.326 e. The summed E-state index contributed by atoms with van der Waals surface area (Å²) in [5.41, 5.74) is 7.62. The van der Waals surface area contributed by atoms with Crippen molar-refractivity contribution in [3.8, 4) is 12.3 Å². The van der Waals surface area contributed by atoms with Crippen molar-refractivity contribution in [1.82, 2.24) is 4.90 Å². The highest BCUT2D eigenvalue weighted by atomic mass is 16.4. The lowest BCUT2D eigenvalue weighted by Crippen LogP contribution is -2.53. The Labute approximate surface area is 117 Å². The lowest BCUT2D eigenvalue weighted by atomic mass is 9.93. The topological polar surface area (TPSA) is 83.6 Å². The van der Waals surface area contributed by atoms with Gasteiger partial charge in [-0.2, -0.15) is 0 Å². The number of carboxylic acids is 1. The molecule has 1 aliphatic rings. The molecule has 1 unspecified atom stereocenters. The minimum Gasteiger partial charge on any atom is -0.480 e. The highest BCUT2D eigenvalue weighted by Crippen LogP contribution is 2.24. The van der Waals surface area contributed by atoms with Gasteiger partial charge in [0.1, 0.15) is 6.04 Å². The van der Waals surface area contributed by atoms with Crippen LogP contribution in [-0.4, -0.2) is 34.0 Å². The number of benzene rings is 1. The van der Waals surface area contributed by atoms with Gasteiger partial charge in [-0.3, -0.25) is 4.79 Å². The molecule has 0 radical (unpaired) electrons. The molecule has 0 bridgehead atoms. The summed E-state index contributed by atoms with van der Waals surface area (Å²) in [6, 6.07) is 5.76. The summed E-state index contributed by atoms with van der Waals surface area (Å²) in [5, 5.41) is 9.32. The van der Waals surface area contributed by atoms with Crippen molar-refractivity contribution in [2.75, 3.05) is 0 Å². The number of nitrogens with two attached hydrogens (primary N) is 1. The van der Waals surface area contributed by atoms with Gasteiger partial charge in [0.2, 0.25) is 5.91 Å². The van der Waals surface area contributed by atoms with Crippen LogP contribution in [0.15, 0.2) is 24.3 Å². The molecular weight excluding hydrogens is 256 g/mol. The molecule has 1 heterocycles. The first kappa shape index (κ1) is 14.1. The second kappa shape index (κ2) is 5.76. The maximum absolute atomic E-state index is 12.3. The number of fused-ring (bicyclic) bond motifs is 1. The van der Waals surface area contributed by atoms with Crippen LogP contribution in [0.5, 0.6) is 0 Å². The fourth-order valence-corrected chi connectivity index (χ4v) is 2.40. The average Bonchev–Trinajstić information content (AvgIpc) is 2.45. The molecule has 0 fully saturated rings. The number of carbonyl (C=O) groups excluding carboxylic acids is 1. The molecule has 1 aromatic carbocycles. The number of amides is 1. The molecule has 2 rings (SSSR count). The van der Waals surface area contributed by atoms with Crippen LogP contribution >= 0.6 is 0 Å². The number of nitrogens with zero attached hydrogens (tertiary/aromatic N) is 1. The zero-order chi connectivity index (χ0) is 14.7. The van der Waals surface area contributed by atoms with E-state index in [-0.39, 0.29) is 13.0 Å². The molecule has 0 spiro atoms. The van der Waals surface area contributed by atoms with E-state index in [1.54, 1.807) is 0 Å². The van der Waals surface area contributed by atoms with Crippen molar-refractivity contribution in [1.29, 1.82) is 0 Å². The Balaban J connectivity index is 2.29. The van der Waals surface area contributed by atoms with Gasteiger partial charge in [-0.25, -0.2) is 4.79 Å². The molecule has 0 aliphatic carbocycles. The predicted molar refractivity (Wildman–Crippen MR) is 73.5 cm³/mol. The molecule has 5 heteroatoms. The van der Waals surface area contributed by atoms with Crippen LogP contribution in [0.1, 0.15) is 17.5 Å². The van der Waals surface area contributed by atoms with E-state index in [0.29, 0.717) is 6.42 Å². The normalized spacial score (nSPS) is 18.8. The summed E-state index contributed by atoms with van der Waals surface area (Å²) in [7, 11) is 0. The minimum atomic E-state index is -1.03. The van der Waals surface area contributed by atoms with E-state index in [1.165, 1.54) is 4.90 Å². The summed E-state index contributed by atoms with van der Waals surface area (Å²) in [5.74, 6) is 0.892. The van der Waals surface area contributed by atoms with E-state index in [4.69, 9.17) is 12.2 Å². The first-order chi connectivity index (χ1) is 9.54. The van der Waals surface area contributed by atoms with E-state index >= 15 is 0 Å². The van der Waals surface area contributed by atoms with Crippen molar-refractivity contribution in [2.45, 2.75) is 31.5 Å². The fourth-order valence-electron chi connectivity index (χ4n) is 2.40. The van der Waals surface area contributed by atoms with Gasteiger partial charge in [-0.05, 0) is 11.1 Å². The van der Waals surface area contributed by atoms with Crippen LogP contribution in [-0.2, 0) is 22.6 Å². The highest BCUT2D eigenvalue weighted by Gasteiger charge is 2.36. The number of carbonyl (C=O) groups is 2. The minimum absolute atomic E-state index is 0.101. The summed E-state index contributed by atoms with van der Waals surface area (Å²) in [4.78, 5) is 25.0. The molecule has 0 saturated carbocycles. The third-order valence-electron chi connectivity index (χ3n) is 3.47. The van der Waals surface area contributed by atoms with E-state index in [1.807, 2.05) is 24.3 Å². The van der Waals surface area contributed by atoms with Crippen LogP contribution in [0.3, 0.4) is 0 Å². The summed E-state index contributed by atoms with van der Waals surface area (Å²) < 4.78 is 0. The molecule has 20 heavy (non-hydrogen) atoms. The lowest BCUT2D eigenvalue weighted by Gasteiger charge is -2.35. The molecule has 1 amide bonds. The van der Waals surface area contributed by atoms with E-state index in [9.17, 15) is 14.7 Å². The zero-order valence-corrected chi connectivity index (χ0v) is 11.0. The zero-order valence-electron chi connectivity index (χ0n) is 11.0. The molecule has 2 atom stereocenters.